The summed E-state index contributed by atoms with van der Waals surface area (Å²) in [6.07, 6.45) is 5.79. The molecule has 2 aliphatic rings. The summed E-state index contributed by atoms with van der Waals surface area (Å²) in [6, 6.07) is -0.0280. The zero-order valence-electron chi connectivity index (χ0n) is 11.0. The Hall–Kier alpha value is -1.10. The number of rotatable bonds is 3. The van der Waals surface area contributed by atoms with Crippen molar-refractivity contribution in [3.8, 4) is 0 Å². The van der Waals surface area contributed by atoms with E-state index in [1.165, 1.54) is 7.11 Å². The van der Waals surface area contributed by atoms with E-state index in [4.69, 9.17) is 10.5 Å². The number of hydrogen-bond donors (Lipinski definition) is 1. The number of ether oxygens (including phenoxy) is 1. The van der Waals surface area contributed by atoms with Gasteiger partial charge in [-0.1, -0.05) is 0 Å². The van der Waals surface area contributed by atoms with Crippen LogP contribution >= 0.6 is 0 Å². The Morgan fingerprint density at radius 3 is 2.61 bits per heavy atom. The molecule has 1 atom stereocenters. The molecule has 5 nitrogen and oxygen atoms in total. The number of carbonyl (C=O) groups excluding carboxylic acids is 2. The van der Waals surface area contributed by atoms with Crippen molar-refractivity contribution >= 4 is 11.9 Å². The molecule has 2 N–H and O–H groups in total. The lowest BCUT2D eigenvalue weighted by Crippen LogP contribution is -2.62. The van der Waals surface area contributed by atoms with Gasteiger partial charge in [-0.2, -0.15) is 0 Å². The SMILES string of the molecule is COC(=O)CC1CCCCN1C(=O)C1(N)CCC1. The van der Waals surface area contributed by atoms with E-state index in [-0.39, 0.29) is 17.9 Å². The Bertz CT molecular complexity index is 339. The van der Waals surface area contributed by atoms with Crippen LogP contribution in [0, 0.1) is 0 Å². The fraction of sp³-hybridized carbons (Fsp3) is 0.846. The molecule has 0 aromatic rings. The Morgan fingerprint density at radius 2 is 2.06 bits per heavy atom. The standard InChI is InChI=1S/C13H22N2O3/c1-18-11(16)9-10-5-2-3-8-15(10)12(17)13(14)6-4-7-13/h10H,2-9,14H2,1H3. The fourth-order valence-corrected chi connectivity index (χ4v) is 2.81. The smallest absolute Gasteiger partial charge is 0.307 e. The first kappa shape index (κ1) is 13.3. The van der Waals surface area contributed by atoms with Crippen molar-refractivity contribution in [2.45, 2.75) is 56.5 Å². The maximum Gasteiger partial charge on any atom is 0.307 e. The number of esters is 1. The zero-order chi connectivity index (χ0) is 13.2. The maximum absolute atomic E-state index is 12.4. The van der Waals surface area contributed by atoms with Gasteiger partial charge in [0, 0.05) is 12.6 Å². The number of methoxy groups -OCH3 is 1. The van der Waals surface area contributed by atoms with E-state index in [1.54, 1.807) is 0 Å². The minimum Gasteiger partial charge on any atom is -0.469 e. The van der Waals surface area contributed by atoms with Gasteiger partial charge < -0.3 is 15.4 Å². The summed E-state index contributed by atoms with van der Waals surface area (Å²) in [5.74, 6) is -0.221. The zero-order valence-corrected chi connectivity index (χ0v) is 11.0. The van der Waals surface area contributed by atoms with Crippen molar-refractivity contribution < 1.29 is 14.3 Å². The van der Waals surface area contributed by atoms with E-state index >= 15 is 0 Å². The molecule has 1 unspecified atom stereocenters. The van der Waals surface area contributed by atoms with E-state index in [1.807, 2.05) is 4.90 Å². The molecule has 102 valence electrons. The molecule has 1 saturated carbocycles. The second-order valence-corrected chi connectivity index (χ2v) is 5.44. The van der Waals surface area contributed by atoms with E-state index in [0.29, 0.717) is 6.42 Å². The average Bonchev–Trinajstić information content (AvgIpc) is 2.35. The van der Waals surface area contributed by atoms with Gasteiger partial charge >= 0.3 is 5.97 Å². The van der Waals surface area contributed by atoms with E-state index < -0.39 is 5.54 Å². The number of carbonyl (C=O) groups is 2. The number of nitrogens with zero attached hydrogens (tertiary/aromatic N) is 1. The monoisotopic (exact) mass is 254 g/mol. The summed E-state index contributed by atoms with van der Waals surface area (Å²) in [7, 11) is 1.38. The Morgan fingerprint density at radius 1 is 1.33 bits per heavy atom. The molecule has 1 heterocycles. The molecule has 0 aromatic carbocycles. The second kappa shape index (κ2) is 5.26. The maximum atomic E-state index is 12.4. The van der Waals surface area contributed by atoms with Gasteiger partial charge in [0.15, 0.2) is 0 Å². The highest BCUT2D eigenvalue weighted by Crippen LogP contribution is 2.33. The number of hydrogen-bond acceptors (Lipinski definition) is 4. The number of amides is 1. The molecule has 18 heavy (non-hydrogen) atoms. The number of nitrogens with two attached hydrogens (primary N) is 1. The van der Waals surface area contributed by atoms with E-state index in [0.717, 1.165) is 45.1 Å². The molecule has 0 bridgehead atoms. The molecule has 5 heteroatoms. The lowest BCUT2D eigenvalue weighted by Gasteiger charge is -2.44. The minimum absolute atomic E-state index is 0.0280. The highest BCUT2D eigenvalue weighted by Gasteiger charge is 2.44. The van der Waals surface area contributed by atoms with Gasteiger partial charge in [0.25, 0.3) is 0 Å². The van der Waals surface area contributed by atoms with Gasteiger partial charge in [0.1, 0.15) is 0 Å². The van der Waals surface area contributed by atoms with E-state index in [2.05, 4.69) is 0 Å². The van der Waals surface area contributed by atoms with Crippen LogP contribution in [0.2, 0.25) is 0 Å². The number of likely N-dealkylation sites (tertiary alicyclic amines) is 1. The van der Waals surface area contributed by atoms with Crippen LogP contribution in [0.4, 0.5) is 0 Å². The largest absolute Gasteiger partial charge is 0.469 e. The Labute approximate surface area is 108 Å². The van der Waals surface area contributed by atoms with Crippen LogP contribution in [0.3, 0.4) is 0 Å². The molecule has 1 amide bonds. The van der Waals surface area contributed by atoms with Crippen molar-refractivity contribution in [2.24, 2.45) is 5.73 Å². The van der Waals surface area contributed by atoms with Gasteiger partial charge in [-0.3, -0.25) is 9.59 Å². The molecular formula is C13H22N2O3. The summed E-state index contributed by atoms with van der Waals surface area (Å²) in [6.45, 7) is 0.722. The van der Waals surface area contributed by atoms with Crippen LogP contribution in [0.25, 0.3) is 0 Å². The summed E-state index contributed by atoms with van der Waals surface area (Å²) < 4.78 is 4.70. The molecule has 1 aliphatic carbocycles. The molecule has 2 rings (SSSR count). The van der Waals surface area contributed by atoms with Crippen molar-refractivity contribution in [1.82, 2.24) is 4.90 Å². The average molecular weight is 254 g/mol. The molecule has 2 fully saturated rings. The van der Waals surface area contributed by atoms with Gasteiger partial charge in [-0.15, -0.1) is 0 Å². The van der Waals surface area contributed by atoms with Gasteiger partial charge in [0.2, 0.25) is 5.91 Å². The minimum atomic E-state index is -0.661. The predicted molar refractivity (Wildman–Crippen MR) is 66.8 cm³/mol. The van der Waals surface area contributed by atoms with Crippen LogP contribution in [0.1, 0.15) is 44.9 Å². The van der Waals surface area contributed by atoms with Gasteiger partial charge in [0.05, 0.1) is 19.1 Å². The van der Waals surface area contributed by atoms with Crippen molar-refractivity contribution in [3.63, 3.8) is 0 Å². The molecule has 1 aliphatic heterocycles. The normalized spacial score (nSPS) is 26.3. The first-order valence-corrected chi connectivity index (χ1v) is 6.73. The van der Waals surface area contributed by atoms with Gasteiger partial charge in [-0.05, 0) is 38.5 Å². The first-order chi connectivity index (χ1) is 8.57. The predicted octanol–water partition coefficient (Wildman–Crippen LogP) is 0.812. The summed E-state index contributed by atoms with van der Waals surface area (Å²) in [5.41, 5.74) is 5.43. The number of piperidine rings is 1. The van der Waals surface area contributed by atoms with Gasteiger partial charge in [-0.25, -0.2) is 0 Å². The fourth-order valence-electron chi connectivity index (χ4n) is 2.81. The topological polar surface area (TPSA) is 72.6 Å². The van der Waals surface area contributed by atoms with Crippen LogP contribution in [0.5, 0.6) is 0 Å². The molecule has 0 spiro atoms. The summed E-state index contributed by atoms with van der Waals surface area (Å²) in [4.78, 5) is 25.6. The lowest BCUT2D eigenvalue weighted by atomic mass is 9.76. The van der Waals surface area contributed by atoms with Crippen molar-refractivity contribution in [2.75, 3.05) is 13.7 Å². The highest BCUT2D eigenvalue weighted by atomic mass is 16.5. The molecule has 1 saturated heterocycles. The first-order valence-electron chi connectivity index (χ1n) is 6.73. The third kappa shape index (κ3) is 2.51. The Kier molecular flexibility index (Phi) is 3.90. The Balaban J connectivity index is 2.03. The van der Waals surface area contributed by atoms with Crippen LogP contribution in [-0.2, 0) is 14.3 Å². The lowest BCUT2D eigenvalue weighted by molar-refractivity contribution is -0.148. The third-order valence-corrected chi connectivity index (χ3v) is 4.19. The van der Waals surface area contributed by atoms with Crippen molar-refractivity contribution in [3.05, 3.63) is 0 Å². The molecular weight excluding hydrogens is 232 g/mol. The molecule has 0 radical (unpaired) electrons. The third-order valence-electron chi connectivity index (χ3n) is 4.19. The van der Waals surface area contributed by atoms with Crippen LogP contribution in [0.15, 0.2) is 0 Å². The highest BCUT2D eigenvalue weighted by molar-refractivity contribution is 5.88. The van der Waals surface area contributed by atoms with Crippen LogP contribution in [-0.4, -0.2) is 42.0 Å². The summed E-state index contributed by atoms with van der Waals surface area (Å²) >= 11 is 0. The summed E-state index contributed by atoms with van der Waals surface area (Å²) in [5, 5.41) is 0. The second-order valence-electron chi connectivity index (χ2n) is 5.44. The molecule has 0 aromatic heterocycles. The van der Waals surface area contributed by atoms with Crippen LogP contribution < -0.4 is 5.73 Å². The van der Waals surface area contributed by atoms with E-state index in [9.17, 15) is 9.59 Å². The van der Waals surface area contributed by atoms with Crippen molar-refractivity contribution in [1.29, 1.82) is 0 Å². The quantitative estimate of drug-likeness (QED) is 0.756.